The van der Waals surface area contributed by atoms with E-state index in [2.05, 4.69) is 21.9 Å². The Kier molecular flexibility index (Phi) is 2.52. The van der Waals surface area contributed by atoms with Crippen molar-refractivity contribution in [2.75, 3.05) is 13.1 Å². The van der Waals surface area contributed by atoms with Gasteiger partial charge in [-0.1, -0.05) is 6.92 Å². The van der Waals surface area contributed by atoms with Crippen LogP contribution in [-0.2, 0) is 13.6 Å². The van der Waals surface area contributed by atoms with Gasteiger partial charge in [-0.05, 0) is 5.92 Å². The first-order valence-corrected chi connectivity index (χ1v) is 4.97. The summed E-state index contributed by atoms with van der Waals surface area (Å²) >= 11 is 0. The maximum Gasteiger partial charge on any atom is 0.140 e. The summed E-state index contributed by atoms with van der Waals surface area (Å²) in [6.07, 6.45) is 1.59. The summed E-state index contributed by atoms with van der Waals surface area (Å²) in [5, 5.41) is 4.04. The highest BCUT2D eigenvalue weighted by atomic mass is 15.3. The Balaban J connectivity index is 1.97. The van der Waals surface area contributed by atoms with Crippen LogP contribution in [0.25, 0.3) is 0 Å². The molecule has 5 heteroatoms. The molecule has 0 amide bonds. The molecule has 2 unspecified atom stereocenters. The molecular formula is C9H17N5. The van der Waals surface area contributed by atoms with Gasteiger partial charge in [0.05, 0.1) is 6.54 Å². The molecule has 2 atom stereocenters. The van der Waals surface area contributed by atoms with Crippen molar-refractivity contribution in [3.63, 3.8) is 0 Å². The molecule has 1 aromatic heterocycles. The van der Waals surface area contributed by atoms with Gasteiger partial charge in [-0.2, -0.15) is 5.10 Å². The van der Waals surface area contributed by atoms with Crippen LogP contribution in [0.2, 0.25) is 0 Å². The number of hydrogen-bond acceptors (Lipinski definition) is 4. The summed E-state index contributed by atoms with van der Waals surface area (Å²) in [5.74, 6) is 1.59. The molecule has 0 saturated carbocycles. The van der Waals surface area contributed by atoms with E-state index in [4.69, 9.17) is 5.73 Å². The Morgan fingerprint density at radius 2 is 2.36 bits per heavy atom. The van der Waals surface area contributed by atoms with E-state index in [9.17, 15) is 0 Å². The third kappa shape index (κ3) is 1.78. The molecule has 0 aliphatic carbocycles. The number of rotatable bonds is 2. The van der Waals surface area contributed by atoms with Gasteiger partial charge in [-0.15, -0.1) is 0 Å². The van der Waals surface area contributed by atoms with E-state index in [-0.39, 0.29) is 0 Å². The first-order chi connectivity index (χ1) is 6.66. The molecule has 14 heavy (non-hydrogen) atoms. The number of aryl methyl sites for hydroxylation is 1. The molecule has 1 aliphatic heterocycles. The van der Waals surface area contributed by atoms with Crippen LogP contribution in [0.5, 0.6) is 0 Å². The number of hydrogen-bond donors (Lipinski definition) is 1. The maximum absolute atomic E-state index is 5.95. The van der Waals surface area contributed by atoms with Crippen LogP contribution in [0.15, 0.2) is 6.33 Å². The molecule has 0 bridgehead atoms. The highest BCUT2D eigenvalue weighted by molar-refractivity contribution is 4.89. The maximum atomic E-state index is 5.95. The number of likely N-dealkylation sites (tertiary alicyclic amines) is 1. The summed E-state index contributed by atoms with van der Waals surface area (Å²) in [6.45, 7) is 5.08. The second kappa shape index (κ2) is 3.67. The van der Waals surface area contributed by atoms with Crippen LogP contribution in [0, 0.1) is 5.92 Å². The Labute approximate surface area is 83.9 Å². The van der Waals surface area contributed by atoms with E-state index in [1.54, 1.807) is 6.33 Å². The second-order valence-corrected chi connectivity index (χ2v) is 4.14. The molecule has 2 heterocycles. The van der Waals surface area contributed by atoms with Crippen molar-refractivity contribution in [1.82, 2.24) is 19.7 Å². The average molecular weight is 195 g/mol. The largest absolute Gasteiger partial charge is 0.326 e. The van der Waals surface area contributed by atoms with Crippen molar-refractivity contribution in [1.29, 1.82) is 0 Å². The molecule has 0 radical (unpaired) electrons. The van der Waals surface area contributed by atoms with E-state index >= 15 is 0 Å². The topological polar surface area (TPSA) is 60.0 Å². The lowest BCUT2D eigenvalue weighted by molar-refractivity contribution is 0.305. The van der Waals surface area contributed by atoms with E-state index in [1.165, 1.54) is 0 Å². The van der Waals surface area contributed by atoms with Crippen molar-refractivity contribution in [2.45, 2.75) is 19.5 Å². The Morgan fingerprint density at radius 1 is 1.57 bits per heavy atom. The zero-order chi connectivity index (χ0) is 10.1. The fourth-order valence-corrected chi connectivity index (χ4v) is 1.89. The SMILES string of the molecule is CC1CN(Cc2ncnn2C)CC1N. The van der Waals surface area contributed by atoms with Gasteiger partial charge < -0.3 is 5.73 Å². The summed E-state index contributed by atoms with van der Waals surface area (Å²) in [7, 11) is 1.92. The molecular weight excluding hydrogens is 178 g/mol. The summed E-state index contributed by atoms with van der Waals surface area (Å²) < 4.78 is 1.81. The van der Waals surface area contributed by atoms with Crippen molar-refractivity contribution < 1.29 is 0 Å². The fraction of sp³-hybridized carbons (Fsp3) is 0.778. The fourth-order valence-electron chi connectivity index (χ4n) is 1.89. The molecule has 2 N–H and O–H groups in total. The van der Waals surface area contributed by atoms with Crippen molar-refractivity contribution in [2.24, 2.45) is 18.7 Å². The molecule has 0 spiro atoms. The van der Waals surface area contributed by atoms with Gasteiger partial charge in [0.1, 0.15) is 12.2 Å². The highest BCUT2D eigenvalue weighted by Gasteiger charge is 2.26. The standard InChI is InChI=1S/C9H17N5/c1-7-3-14(4-8(7)10)5-9-11-6-12-13(9)2/h6-8H,3-5,10H2,1-2H3. The van der Waals surface area contributed by atoms with Crippen molar-refractivity contribution in [3.8, 4) is 0 Å². The predicted octanol–water partition coefficient (Wildman–Crippen LogP) is -0.406. The summed E-state index contributed by atoms with van der Waals surface area (Å²) in [5.41, 5.74) is 5.95. The molecule has 0 aromatic carbocycles. The Morgan fingerprint density at radius 3 is 2.86 bits per heavy atom. The van der Waals surface area contributed by atoms with Gasteiger partial charge in [-0.25, -0.2) is 4.98 Å². The molecule has 1 aromatic rings. The number of nitrogens with zero attached hydrogens (tertiary/aromatic N) is 4. The predicted molar refractivity (Wildman–Crippen MR) is 53.4 cm³/mol. The van der Waals surface area contributed by atoms with E-state index < -0.39 is 0 Å². The third-order valence-corrected chi connectivity index (χ3v) is 2.92. The highest BCUT2D eigenvalue weighted by Crippen LogP contribution is 2.15. The molecule has 1 fully saturated rings. The average Bonchev–Trinajstić information content (AvgIpc) is 2.63. The van der Waals surface area contributed by atoms with Gasteiger partial charge in [0.15, 0.2) is 0 Å². The zero-order valence-electron chi connectivity index (χ0n) is 8.72. The lowest BCUT2D eigenvalue weighted by atomic mass is 10.1. The van der Waals surface area contributed by atoms with E-state index in [0.717, 1.165) is 25.5 Å². The van der Waals surface area contributed by atoms with Crippen LogP contribution >= 0.6 is 0 Å². The Bertz CT molecular complexity index is 298. The number of nitrogens with two attached hydrogens (primary N) is 1. The number of aromatic nitrogens is 3. The van der Waals surface area contributed by atoms with Crippen molar-refractivity contribution >= 4 is 0 Å². The van der Waals surface area contributed by atoms with Gasteiger partial charge in [0.2, 0.25) is 0 Å². The zero-order valence-corrected chi connectivity index (χ0v) is 8.72. The molecule has 1 saturated heterocycles. The van der Waals surface area contributed by atoms with Crippen LogP contribution in [-0.4, -0.2) is 38.8 Å². The lowest BCUT2D eigenvalue weighted by Crippen LogP contribution is -2.28. The van der Waals surface area contributed by atoms with E-state index in [0.29, 0.717) is 12.0 Å². The van der Waals surface area contributed by atoms with Gasteiger partial charge in [0.25, 0.3) is 0 Å². The second-order valence-electron chi connectivity index (χ2n) is 4.14. The van der Waals surface area contributed by atoms with Crippen LogP contribution < -0.4 is 5.73 Å². The van der Waals surface area contributed by atoms with Gasteiger partial charge in [0, 0.05) is 26.2 Å². The first-order valence-electron chi connectivity index (χ1n) is 4.97. The van der Waals surface area contributed by atoms with Gasteiger partial charge >= 0.3 is 0 Å². The minimum atomic E-state index is 0.309. The van der Waals surface area contributed by atoms with Crippen LogP contribution in [0.1, 0.15) is 12.7 Å². The van der Waals surface area contributed by atoms with Crippen LogP contribution in [0.3, 0.4) is 0 Å². The summed E-state index contributed by atoms with van der Waals surface area (Å²) in [6, 6.07) is 0.309. The molecule has 2 rings (SSSR count). The Hall–Kier alpha value is -0.940. The normalized spacial score (nSPS) is 28.5. The third-order valence-electron chi connectivity index (χ3n) is 2.92. The van der Waals surface area contributed by atoms with Crippen molar-refractivity contribution in [3.05, 3.63) is 12.2 Å². The first kappa shape index (κ1) is 9.61. The van der Waals surface area contributed by atoms with Gasteiger partial charge in [-0.3, -0.25) is 9.58 Å². The monoisotopic (exact) mass is 195 g/mol. The smallest absolute Gasteiger partial charge is 0.140 e. The van der Waals surface area contributed by atoms with E-state index in [1.807, 2.05) is 11.7 Å². The molecule has 78 valence electrons. The summed E-state index contributed by atoms with van der Waals surface area (Å²) in [4.78, 5) is 6.53. The molecule has 1 aliphatic rings. The minimum Gasteiger partial charge on any atom is -0.326 e. The van der Waals surface area contributed by atoms with Crippen LogP contribution in [0.4, 0.5) is 0 Å². The lowest BCUT2D eigenvalue weighted by Gasteiger charge is -2.13. The molecule has 5 nitrogen and oxygen atoms in total. The quantitative estimate of drug-likeness (QED) is 0.697. The minimum absolute atomic E-state index is 0.309.